The van der Waals surface area contributed by atoms with Gasteiger partial charge in [0.2, 0.25) is 0 Å². The van der Waals surface area contributed by atoms with Crippen molar-refractivity contribution in [1.29, 1.82) is 0 Å². The smallest absolute Gasteiger partial charge is 0.716 e. The zero-order valence-electron chi connectivity index (χ0n) is 6.73. The van der Waals surface area contributed by atoms with Crippen molar-refractivity contribution in [2.45, 2.75) is 0 Å². The van der Waals surface area contributed by atoms with E-state index in [-0.39, 0.29) is 18.9 Å². The molecule has 7 heteroatoms. The molecular weight excluding hydrogens is 194 g/mol. The van der Waals surface area contributed by atoms with E-state index in [4.69, 9.17) is 0 Å². The van der Waals surface area contributed by atoms with Crippen molar-refractivity contribution >= 4 is 10.4 Å². The molecule has 0 radical (unpaired) electrons. The first-order chi connectivity index (χ1) is 5.49. The minimum Gasteiger partial charge on any atom is -0.716 e. The van der Waals surface area contributed by atoms with Crippen molar-refractivity contribution in [3.63, 3.8) is 0 Å². The SMILES string of the molecule is O=S(=O)([O-])Oc1ccccc1F.[Li+]. The zero-order chi connectivity index (χ0) is 9.19. The molecular formula is C6H4FLiO4S. The molecule has 13 heavy (non-hydrogen) atoms. The van der Waals surface area contributed by atoms with Crippen LogP contribution in [-0.2, 0) is 10.4 Å². The minimum atomic E-state index is -4.89. The fourth-order valence-electron chi connectivity index (χ4n) is 0.622. The fraction of sp³-hybridized carbons (Fsp3) is 0. The summed E-state index contributed by atoms with van der Waals surface area (Å²) in [7, 11) is -4.89. The van der Waals surface area contributed by atoms with Crippen LogP contribution in [0, 0.1) is 5.82 Å². The fourth-order valence-corrected chi connectivity index (χ4v) is 0.977. The van der Waals surface area contributed by atoms with Crippen LogP contribution < -0.4 is 23.0 Å². The number of hydrogen-bond donors (Lipinski definition) is 0. The molecule has 0 amide bonds. The second kappa shape index (κ2) is 4.63. The minimum absolute atomic E-state index is 0. The van der Waals surface area contributed by atoms with Crippen molar-refractivity contribution in [2.75, 3.05) is 0 Å². The van der Waals surface area contributed by atoms with Gasteiger partial charge in [-0.3, -0.25) is 0 Å². The van der Waals surface area contributed by atoms with E-state index in [1.807, 2.05) is 0 Å². The van der Waals surface area contributed by atoms with E-state index < -0.39 is 22.0 Å². The molecule has 4 nitrogen and oxygen atoms in total. The Morgan fingerprint density at radius 2 is 1.85 bits per heavy atom. The Morgan fingerprint density at radius 3 is 2.31 bits per heavy atom. The molecule has 0 fully saturated rings. The van der Waals surface area contributed by atoms with Gasteiger partial charge in [-0.25, -0.2) is 12.8 Å². The van der Waals surface area contributed by atoms with E-state index in [1.54, 1.807) is 0 Å². The Labute approximate surface area is 86.8 Å². The molecule has 0 aliphatic carbocycles. The van der Waals surface area contributed by atoms with Gasteiger partial charge in [0.15, 0.2) is 11.6 Å². The summed E-state index contributed by atoms with van der Waals surface area (Å²) in [5.74, 6) is -1.48. The van der Waals surface area contributed by atoms with Crippen LogP contribution in [0.4, 0.5) is 4.39 Å². The Balaban J connectivity index is 0.00000144. The molecule has 66 valence electrons. The van der Waals surface area contributed by atoms with Gasteiger partial charge < -0.3 is 8.74 Å². The van der Waals surface area contributed by atoms with Gasteiger partial charge in [-0.15, -0.1) is 0 Å². The second-order valence-electron chi connectivity index (χ2n) is 1.92. The van der Waals surface area contributed by atoms with Crippen molar-refractivity contribution in [3.8, 4) is 5.75 Å². The van der Waals surface area contributed by atoms with Gasteiger partial charge >= 0.3 is 18.9 Å². The monoisotopic (exact) mass is 198 g/mol. The summed E-state index contributed by atoms with van der Waals surface area (Å²) in [5, 5.41) is 0. The van der Waals surface area contributed by atoms with Crippen molar-refractivity contribution in [2.24, 2.45) is 0 Å². The largest absolute Gasteiger partial charge is 1.00 e. The van der Waals surface area contributed by atoms with Gasteiger partial charge in [-0.05, 0) is 12.1 Å². The van der Waals surface area contributed by atoms with Crippen molar-refractivity contribution in [1.82, 2.24) is 0 Å². The number of halogens is 1. The first kappa shape index (κ1) is 12.5. The van der Waals surface area contributed by atoms with Crippen molar-refractivity contribution < 1.29 is 40.4 Å². The topological polar surface area (TPSA) is 66.4 Å². The van der Waals surface area contributed by atoms with Crippen LogP contribution in [0.25, 0.3) is 0 Å². The molecule has 1 aromatic rings. The van der Waals surface area contributed by atoms with Gasteiger partial charge in [-0.1, -0.05) is 12.1 Å². The predicted molar refractivity (Wildman–Crippen MR) is 36.7 cm³/mol. The number of rotatable bonds is 2. The standard InChI is InChI=1S/C6H5FO4S.Li/c7-5-3-1-2-4-6(5)11-12(8,9)10;/h1-4H,(H,8,9,10);/q;+1/p-1. The zero-order valence-corrected chi connectivity index (χ0v) is 7.55. The molecule has 1 aromatic carbocycles. The Morgan fingerprint density at radius 1 is 1.31 bits per heavy atom. The first-order valence-corrected chi connectivity index (χ1v) is 4.22. The maximum atomic E-state index is 12.6. The summed E-state index contributed by atoms with van der Waals surface area (Å²) >= 11 is 0. The van der Waals surface area contributed by atoms with Crippen molar-refractivity contribution in [3.05, 3.63) is 30.1 Å². The molecule has 0 bridgehead atoms. The predicted octanol–water partition coefficient (Wildman–Crippen LogP) is -2.33. The molecule has 0 heterocycles. The number of benzene rings is 1. The number of para-hydroxylation sites is 1. The summed E-state index contributed by atoms with van der Waals surface area (Å²) in [5.41, 5.74) is 0. The third-order valence-corrected chi connectivity index (χ3v) is 1.41. The van der Waals surface area contributed by atoms with E-state index in [0.717, 1.165) is 12.1 Å². The van der Waals surface area contributed by atoms with Gasteiger partial charge in [0.1, 0.15) is 0 Å². The van der Waals surface area contributed by atoms with Crippen LogP contribution >= 0.6 is 0 Å². The summed E-state index contributed by atoms with van der Waals surface area (Å²) < 4.78 is 46.4. The van der Waals surface area contributed by atoms with E-state index in [9.17, 15) is 17.4 Å². The quantitative estimate of drug-likeness (QED) is 0.303. The summed E-state index contributed by atoms with van der Waals surface area (Å²) in [6.45, 7) is 0. The van der Waals surface area contributed by atoms with Crippen LogP contribution in [0.2, 0.25) is 0 Å². The average molecular weight is 198 g/mol. The molecule has 0 aromatic heterocycles. The maximum Gasteiger partial charge on any atom is 1.00 e. The molecule has 0 unspecified atom stereocenters. The molecule has 0 aliphatic rings. The molecule has 0 saturated heterocycles. The first-order valence-electron chi connectivity index (χ1n) is 2.89. The molecule has 0 atom stereocenters. The van der Waals surface area contributed by atoms with Gasteiger partial charge in [0.05, 0.1) is 0 Å². The molecule has 1 rings (SSSR count). The van der Waals surface area contributed by atoms with E-state index in [2.05, 4.69) is 4.18 Å². The maximum absolute atomic E-state index is 12.6. The Hall–Kier alpha value is -0.543. The van der Waals surface area contributed by atoms with Gasteiger partial charge in [-0.2, -0.15) is 0 Å². The van der Waals surface area contributed by atoms with Crippen LogP contribution in [0.5, 0.6) is 5.75 Å². The summed E-state index contributed by atoms with van der Waals surface area (Å²) in [4.78, 5) is 0. The van der Waals surface area contributed by atoms with Gasteiger partial charge in [0, 0.05) is 0 Å². The second-order valence-corrected chi connectivity index (χ2v) is 2.91. The molecule has 0 aliphatic heterocycles. The number of hydrogen-bond acceptors (Lipinski definition) is 4. The van der Waals surface area contributed by atoms with Crippen LogP contribution in [-0.4, -0.2) is 13.0 Å². The van der Waals surface area contributed by atoms with Crippen LogP contribution in [0.15, 0.2) is 24.3 Å². The Bertz CT molecular complexity index is 378. The van der Waals surface area contributed by atoms with Crippen LogP contribution in [0.1, 0.15) is 0 Å². The average Bonchev–Trinajstić information content (AvgIpc) is 1.91. The molecule has 0 spiro atoms. The van der Waals surface area contributed by atoms with Gasteiger partial charge in [0.25, 0.3) is 10.4 Å². The normalized spacial score (nSPS) is 10.3. The molecule has 0 N–H and O–H groups in total. The third-order valence-electron chi connectivity index (χ3n) is 1.03. The van der Waals surface area contributed by atoms with E-state index >= 15 is 0 Å². The Kier molecular flexibility index (Phi) is 4.43. The van der Waals surface area contributed by atoms with Crippen LogP contribution in [0.3, 0.4) is 0 Å². The molecule has 0 saturated carbocycles. The third kappa shape index (κ3) is 4.29. The van der Waals surface area contributed by atoms with E-state index in [0.29, 0.717) is 0 Å². The summed E-state index contributed by atoms with van der Waals surface area (Å²) in [6, 6.07) is 4.73. The summed E-state index contributed by atoms with van der Waals surface area (Å²) in [6.07, 6.45) is 0. The van der Waals surface area contributed by atoms with E-state index in [1.165, 1.54) is 12.1 Å².